The molecule has 0 aliphatic heterocycles. The van der Waals surface area contributed by atoms with Gasteiger partial charge < -0.3 is 0 Å². The van der Waals surface area contributed by atoms with Crippen LogP contribution in [0.2, 0.25) is 0 Å². The molecule has 0 atom stereocenters. The highest BCUT2D eigenvalue weighted by atomic mass is 79.9. The summed E-state index contributed by atoms with van der Waals surface area (Å²) in [6.45, 7) is 1.97. The molecule has 0 aliphatic rings. The second kappa shape index (κ2) is 2.19. The molecular weight excluding hydrogens is 236 g/mol. The average molecular weight is 240 g/mol. The van der Waals surface area contributed by atoms with Gasteiger partial charge in [0.15, 0.2) is 0 Å². The molecule has 0 radical (unpaired) electrons. The maximum Gasteiger partial charge on any atom is 0.131 e. The Morgan fingerprint density at radius 2 is 2.12 bits per heavy atom. The number of nitrogens with zero attached hydrogens (tertiary/aromatic N) is 1. The molecule has 0 saturated heterocycles. The van der Waals surface area contributed by atoms with Crippen LogP contribution in [-0.4, -0.2) is 10.2 Å². The zero-order chi connectivity index (χ0) is 6.15. The SMILES string of the molecule is Cc1c(Br)n[nH]c1Br. The Morgan fingerprint density at radius 3 is 2.25 bits per heavy atom. The molecule has 2 nitrogen and oxygen atoms in total. The van der Waals surface area contributed by atoms with Crippen LogP contribution in [0.25, 0.3) is 0 Å². The molecule has 0 fully saturated rings. The fourth-order valence-electron chi connectivity index (χ4n) is 0.356. The molecule has 4 heteroatoms. The molecule has 0 bridgehead atoms. The average Bonchev–Trinajstić information content (AvgIpc) is 1.98. The molecule has 1 aromatic rings. The summed E-state index contributed by atoms with van der Waals surface area (Å²) in [5, 5.41) is 6.62. The maximum absolute atomic E-state index is 3.86. The summed E-state index contributed by atoms with van der Waals surface area (Å²) < 4.78 is 1.80. The van der Waals surface area contributed by atoms with Crippen LogP contribution in [-0.2, 0) is 0 Å². The normalized spacial score (nSPS) is 9.88. The van der Waals surface area contributed by atoms with Crippen LogP contribution in [0.5, 0.6) is 0 Å². The van der Waals surface area contributed by atoms with Gasteiger partial charge in [-0.15, -0.1) is 0 Å². The van der Waals surface area contributed by atoms with Crippen molar-refractivity contribution in [2.45, 2.75) is 6.92 Å². The summed E-state index contributed by atoms with van der Waals surface area (Å²) in [5.41, 5.74) is 1.10. The van der Waals surface area contributed by atoms with Gasteiger partial charge in [0.1, 0.15) is 9.21 Å². The van der Waals surface area contributed by atoms with Crippen molar-refractivity contribution in [3.05, 3.63) is 14.8 Å². The third-order valence-corrected chi connectivity index (χ3v) is 2.44. The van der Waals surface area contributed by atoms with Crippen LogP contribution in [0.15, 0.2) is 9.21 Å². The second-order valence-corrected chi connectivity index (χ2v) is 3.00. The maximum atomic E-state index is 3.86. The predicted molar refractivity (Wildman–Crippen MR) is 38.7 cm³/mol. The molecule has 0 unspecified atom stereocenters. The van der Waals surface area contributed by atoms with E-state index in [9.17, 15) is 0 Å². The third kappa shape index (κ3) is 0.951. The molecule has 1 N–H and O–H groups in total. The van der Waals surface area contributed by atoms with Gasteiger partial charge in [0.05, 0.1) is 0 Å². The van der Waals surface area contributed by atoms with E-state index in [1.54, 1.807) is 0 Å². The van der Waals surface area contributed by atoms with Crippen molar-refractivity contribution in [2.75, 3.05) is 0 Å². The quantitative estimate of drug-likeness (QED) is 0.739. The lowest BCUT2D eigenvalue weighted by Crippen LogP contribution is -1.64. The molecule has 1 rings (SSSR count). The van der Waals surface area contributed by atoms with E-state index < -0.39 is 0 Å². The van der Waals surface area contributed by atoms with Crippen molar-refractivity contribution in [3.8, 4) is 0 Å². The molecular formula is C4H4Br2N2. The number of halogens is 2. The number of nitrogens with one attached hydrogen (secondary N) is 1. The van der Waals surface area contributed by atoms with Gasteiger partial charge in [-0.05, 0) is 38.8 Å². The highest BCUT2D eigenvalue weighted by Crippen LogP contribution is 2.19. The van der Waals surface area contributed by atoms with Crippen molar-refractivity contribution in [3.63, 3.8) is 0 Å². The van der Waals surface area contributed by atoms with Crippen molar-refractivity contribution < 1.29 is 0 Å². The van der Waals surface area contributed by atoms with Gasteiger partial charge in [0.2, 0.25) is 0 Å². The summed E-state index contributed by atoms with van der Waals surface area (Å²) in [7, 11) is 0. The molecule has 1 aromatic heterocycles. The molecule has 1 heterocycles. The summed E-state index contributed by atoms with van der Waals surface area (Å²) in [4.78, 5) is 0. The lowest BCUT2D eigenvalue weighted by atomic mass is 10.4. The monoisotopic (exact) mass is 238 g/mol. The standard InChI is InChI=1S/C4H4Br2N2/c1-2-3(5)7-8-4(2)6/h1H3,(H,7,8). The Morgan fingerprint density at radius 1 is 1.50 bits per heavy atom. The fraction of sp³-hybridized carbons (Fsp3) is 0.250. The highest BCUT2D eigenvalue weighted by Gasteiger charge is 2.00. The zero-order valence-corrected chi connectivity index (χ0v) is 7.38. The Hall–Kier alpha value is 0.170. The summed E-state index contributed by atoms with van der Waals surface area (Å²) in [6.07, 6.45) is 0. The van der Waals surface area contributed by atoms with E-state index in [1.807, 2.05) is 6.92 Å². The molecule has 0 aliphatic carbocycles. The topological polar surface area (TPSA) is 28.7 Å². The second-order valence-electron chi connectivity index (χ2n) is 1.45. The number of aromatic amines is 1. The molecule has 0 amide bonds. The first kappa shape index (κ1) is 6.29. The molecule has 0 spiro atoms. The Kier molecular flexibility index (Phi) is 1.72. The Balaban J connectivity index is 3.19. The van der Waals surface area contributed by atoms with E-state index in [2.05, 4.69) is 42.1 Å². The molecule has 44 valence electrons. The van der Waals surface area contributed by atoms with E-state index in [4.69, 9.17) is 0 Å². The van der Waals surface area contributed by atoms with Crippen LogP contribution >= 0.6 is 31.9 Å². The summed E-state index contributed by atoms with van der Waals surface area (Å²) >= 11 is 6.51. The molecule has 0 aromatic carbocycles. The van der Waals surface area contributed by atoms with E-state index in [0.29, 0.717) is 0 Å². The van der Waals surface area contributed by atoms with Crippen LogP contribution in [0.3, 0.4) is 0 Å². The number of H-pyrrole nitrogens is 1. The van der Waals surface area contributed by atoms with Crippen molar-refractivity contribution in [1.82, 2.24) is 10.2 Å². The van der Waals surface area contributed by atoms with E-state index >= 15 is 0 Å². The van der Waals surface area contributed by atoms with Gasteiger partial charge >= 0.3 is 0 Å². The minimum Gasteiger partial charge on any atom is -0.270 e. The number of aromatic nitrogens is 2. The number of hydrogen-bond acceptors (Lipinski definition) is 1. The van der Waals surface area contributed by atoms with E-state index in [1.165, 1.54) is 0 Å². The predicted octanol–water partition coefficient (Wildman–Crippen LogP) is 2.24. The smallest absolute Gasteiger partial charge is 0.131 e. The minimum atomic E-state index is 0.865. The van der Waals surface area contributed by atoms with Crippen molar-refractivity contribution in [1.29, 1.82) is 0 Å². The number of hydrogen-bond donors (Lipinski definition) is 1. The van der Waals surface area contributed by atoms with Gasteiger partial charge in [-0.3, -0.25) is 5.10 Å². The summed E-state index contributed by atoms with van der Waals surface area (Å²) in [5.74, 6) is 0. The fourth-order valence-corrected chi connectivity index (χ4v) is 1.19. The number of rotatable bonds is 0. The lowest BCUT2D eigenvalue weighted by Gasteiger charge is -1.80. The third-order valence-electron chi connectivity index (χ3n) is 0.891. The van der Waals surface area contributed by atoms with Crippen LogP contribution in [0.1, 0.15) is 5.56 Å². The van der Waals surface area contributed by atoms with Crippen LogP contribution < -0.4 is 0 Å². The molecule has 8 heavy (non-hydrogen) atoms. The zero-order valence-electron chi connectivity index (χ0n) is 4.20. The Bertz CT molecular complexity index is 174. The largest absolute Gasteiger partial charge is 0.270 e. The minimum absolute atomic E-state index is 0.865. The van der Waals surface area contributed by atoms with Crippen molar-refractivity contribution in [2.24, 2.45) is 0 Å². The first-order valence-electron chi connectivity index (χ1n) is 2.08. The van der Waals surface area contributed by atoms with Gasteiger partial charge in [-0.2, -0.15) is 5.10 Å². The van der Waals surface area contributed by atoms with Gasteiger partial charge in [-0.1, -0.05) is 0 Å². The lowest BCUT2D eigenvalue weighted by molar-refractivity contribution is 1.05. The summed E-state index contributed by atoms with van der Waals surface area (Å²) in [6, 6.07) is 0. The van der Waals surface area contributed by atoms with E-state index in [0.717, 1.165) is 14.8 Å². The Labute approximate surface area is 63.9 Å². The molecule has 0 saturated carbocycles. The first-order chi connectivity index (χ1) is 3.72. The van der Waals surface area contributed by atoms with Crippen LogP contribution in [0, 0.1) is 6.92 Å². The van der Waals surface area contributed by atoms with Gasteiger partial charge in [0, 0.05) is 5.56 Å². The highest BCUT2D eigenvalue weighted by molar-refractivity contribution is 9.11. The van der Waals surface area contributed by atoms with Gasteiger partial charge in [0.25, 0.3) is 0 Å². The van der Waals surface area contributed by atoms with E-state index in [-0.39, 0.29) is 0 Å². The first-order valence-corrected chi connectivity index (χ1v) is 3.66. The van der Waals surface area contributed by atoms with Crippen molar-refractivity contribution >= 4 is 31.9 Å². The van der Waals surface area contributed by atoms with Crippen LogP contribution in [0.4, 0.5) is 0 Å². The van der Waals surface area contributed by atoms with Gasteiger partial charge in [-0.25, -0.2) is 0 Å².